The van der Waals surface area contributed by atoms with Crippen molar-refractivity contribution in [3.05, 3.63) is 35.9 Å². The molecular formula is C18H23N3O3. The van der Waals surface area contributed by atoms with E-state index in [1.54, 1.807) is 4.90 Å². The number of urea groups is 1. The van der Waals surface area contributed by atoms with Gasteiger partial charge in [-0.2, -0.15) is 0 Å². The predicted octanol–water partition coefficient (Wildman–Crippen LogP) is 1.55. The third-order valence-electron chi connectivity index (χ3n) is 4.64. The van der Waals surface area contributed by atoms with Crippen LogP contribution in [0, 0.1) is 0 Å². The lowest BCUT2D eigenvalue weighted by Crippen LogP contribution is -2.43. The van der Waals surface area contributed by atoms with Gasteiger partial charge in [-0.15, -0.1) is 0 Å². The fraction of sp³-hybridized carbons (Fsp3) is 0.500. The topological polar surface area (TPSA) is 69.7 Å². The zero-order valence-electron chi connectivity index (χ0n) is 13.7. The van der Waals surface area contributed by atoms with E-state index < -0.39 is 12.1 Å². The zero-order valence-corrected chi connectivity index (χ0v) is 13.7. The van der Waals surface area contributed by atoms with Crippen LogP contribution in [0.25, 0.3) is 0 Å². The molecule has 6 heteroatoms. The molecule has 1 N–H and O–H groups in total. The fourth-order valence-corrected chi connectivity index (χ4v) is 3.27. The Balaban J connectivity index is 1.60. The van der Waals surface area contributed by atoms with Crippen LogP contribution >= 0.6 is 0 Å². The second-order valence-electron chi connectivity index (χ2n) is 6.41. The lowest BCUT2D eigenvalue weighted by atomic mass is 10.1. The molecule has 128 valence electrons. The van der Waals surface area contributed by atoms with E-state index in [2.05, 4.69) is 5.32 Å². The Morgan fingerprint density at radius 2 is 1.71 bits per heavy atom. The number of benzene rings is 1. The van der Waals surface area contributed by atoms with Crippen molar-refractivity contribution in [2.24, 2.45) is 0 Å². The average molecular weight is 329 g/mol. The molecule has 0 saturated carbocycles. The summed E-state index contributed by atoms with van der Waals surface area (Å²) < 4.78 is 0. The lowest BCUT2D eigenvalue weighted by Gasteiger charge is -2.22. The molecule has 6 nitrogen and oxygen atoms in total. The molecule has 0 aromatic heterocycles. The Kier molecular flexibility index (Phi) is 5.13. The number of likely N-dealkylation sites (tertiary alicyclic amines) is 1. The van der Waals surface area contributed by atoms with Crippen LogP contribution in [-0.4, -0.2) is 53.3 Å². The maximum Gasteiger partial charge on any atom is 0.325 e. The first-order chi connectivity index (χ1) is 11.6. The summed E-state index contributed by atoms with van der Waals surface area (Å²) in [5.74, 6) is -0.451. The highest BCUT2D eigenvalue weighted by Crippen LogP contribution is 2.14. The molecule has 1 aromatic rings. The van der Waals surface area contributed by atoms with Crippen molar-refractivity contribution in [1.29, 1.82) is 0 Å². The van der Waals surface area contributed by atoms with E-state index in [9.17, 15) is 14.4 Å². The Morgan fingerprint density at radius 1 is 1.04 bits per heavy atom. The first kappa shape index (κ1) is 16.5. The van der Waals surface area contributed by atoms with E-state index in [0.717, 1.165) is 49.2 Å². The fourth-order valence-electron chi connectivity index (χ4n) is 3.27. The summed E-state index contributed by atoms with van der Waals surface area (Å²) in [6.07, 6.45) is 4.68. The number of rotatable bonds is 4. The minimum atomic E-state index is -0.586. The molecular weight excluding hydrogens is 306 g/mol. The van der Waals surface area contributed by atoms with Gasteiger partial charge in [0.15, 0.2) is 0 Å². The van der Waals surface area contributed by atoms with Gasteiger partial charge < -0.3 is 10.2 Å². The third-order valence-corrected chi connectivity index (χ3v) is 4.64. The van der Waals surface area contributed by atoms with Crippen LogP contribution in [0.1, 0.15) is 31.2 Å². The lowest BCUT2D eigenvalue weighted by molar-refractivity contribution is -0.137. The molecule has 0 spiro atoms. The number of hydrogen-bond donors (Lipinski definition) is 1. The molecule has 0 bridgehead atoms. The first-order valence-electron chi connectivity index (χ1n) is 8.59. The second-order valence-corrected chi connectivity index (χ2v) is 6.41. The number of imide groups is 1. The molecule has 1 atom stereocenters. The summed E-state index contributed by atoms with van der Waals surface area (Å²) in [7, 11) is 0. The van der Waals surface area contributed by atoms with Gasteiger partial charge in [-0.25, -0.2) is 4.79 Å². The highest BCUT2D eigenvalue weighted by atomic mass is 16.2. The maximum absolute atomic E-state index is 12.5. The van der Waals surface area contributed by atoms with Crippen molar-refractivity contribution in [2.45, 2.75) is 38.1 Å². The molecule has 2 saturated heterocycles. The van der Waals surface area contributed by atoms with E-state index in [-0.39, 0.29) is 18.4 Å². The molecule has 0 radical (unpaired) electrons. The number of hydrogen-bond acceptors (Lipinski definition) is 3. The number of carbonyl (C=O) groups excluding carboxylic acids is 3. The molecule has 24 heavy (non-hydrogen) atoms. The number of amides is 4. The average Bonchev–Trinajstić information content (AvgIpc) is 2.80. The molecule has 0 unspecified atom stereocenters. The Bertz CT molecular complexity index is 609. The van der Waals surface area contributed by atoms with E-state index in [4.69, 9.17) is 0 Å². The van der Waals surface area contributed by atoms with Gasteiger partial charge in [0.05, 0.1) is 0 Å². The summed E-state index contributed by atoms with van der Waals surface area (Å²) >= 11 is 0. The highest BCUT2D eigenvalue weighted by molar-refractivity contribution is 6.06. The Labute approximate surface area is 141 Å². The van der Waals surface area contributed by atoms with Crippen molar-refractivity contribution in [1.82, 2.24) is 15.1 Å². The standard InChI is InChI=1S/C18H23N3O3/c22-16(20-10-6-1-2-7-11-20)13-21-17(23)15(19-18(21)24)12-14-8-4-3-5-9-14/h3-5,8-9,15H,1-2,6-7,10-13H2,(H,19,24)/t15-/m1/s1. The van der Waals surface area contributed by atoms with Crippen LogP contribution in [0.15, 0.2) is 30.3 Å². The van der Waals surface area contributed by atoms with Gasteiger partial charge in [0.2, 0.25) is 5.91 Å². The van der Waals surface area contributed by atoms with Gasteiger partial charge in [-0.1, -0.05) is 43.2 Å². The SMILES string of the molecule is O=C(CN1C(=O)N[C@H](Cc2ccccc2)C1=O)N1CCCCCC1. The van der Waals surface area contributed by atoms with Crippen molar-refractivity contribution < 1.29 is 14.4 Å². The second kappa shape index (κ2) is 7.47. The highest BCUT2D eigenvalue weighted by Gasteiger charge is 2.39. The van der Waals surface area contributed by atoms with Crippen LogP contribution in [0.4, 0.5) is 4.79 Å². The van der Waals surface area contributed by atoms with Crippen LogP contribution < -0.4 is 5.32 Å². The van der Waals surface area contributed by atoms with Crippen molar-refractivity contribution in [3.63, 3.8) is 0 Å². The zero-order chi connectivity index (χ0) is 16.9. The summed E-state index contributed by atoms with van der Waals surface area (Å²) in [5.41, 5.74) is 0.983. The summed E-state index contributed by atoms with van der Waals surface area (Å²) in [4.78, 5) is 39.8. The van der Waals surface area contributed by atoms with Crippen LogP contribution in [0.2, 0.25) is 0 Å². The van der Waals surface area contributed by atoms with Crippen LogP contribution in [0.5, 0.6) is 0 Å². The van der Waals surface area contributed by atoms with Crippen LogP contribution in [-0.2, 0) is 16.0 Å². The van der Waals surface area contributed by atoms with Gasteiger partial charge in [0.1, 0.15) is 12.6 Å². The van der Waals surface area contributed by atoms with E-state index in [0.29, 0.717) is 6.42 Å². The molecule has 2 aliphatic heterocycles. The van der Waals surface area contributed by atoms with Gasteiger partial charge in [0, 0.05) is 19.5 Å². The molecule has 1 aromatic carbocycles. The Morgan fingerprint density at radius 3 is 2.38 bits per heavy atom. The van der Waals surface area contributed by atoms with Gasteiger partial charge in [-0.3, -0.25) is 14.5 Å². The van der Waals surface area contributed by atoms with Gasteiger partial charge in [0.25, 0.3) is 5.91 Å². The summed E-state index contributed by atoms with van der Waals surface area (Å²) in [5, 5.41) is 2.69. The number of nitrogens with one attached hydrogen (secondary N) is 1. The first-order valence-corrected chi connectivity index (χ1v) is 8.59. The summed E-state index contributed by atoms with van der Waals surface area (Å²) in [6, 6.07) is 8.50. The molecule has 2 heterocycles. The van der Waals surface area contributed by atoms with E-state index in [1.807, 2.05) is 30.3 Å². The molecule has 0 aliphatic carbocycles. The van der Waals surface area contributed by atoms with Crippen LogP contribution in [0.3, 0.4) is 0 Å². The molecule has 4 amide bonds. The smallest absolute Gasteiger partial charge is 0.325 e. The number of carbonyl (C=O) groups is 3. The van der Waals surface area contributed by atoms with Crippen molar-refractivity contribution in [2.75, 3.05) is 19.6 Å². The van der Waals surface area contributed by atoms with E-state index >= 15 is 0 Å². The van der Waals surface area contributed by atoms with Gasteiger partial charge >= 0.3 is 6.03 Å². The van der Waals surface area contributed by atoms with Gasteiger partial charge in [-0.05, 0) is 18.4 Å². The summed E-state index contributed by atoms with van der Waals surface area (Å²) in [6.45, 7) is 1.28. The third kappa shape index (κ3) is 3.75. The minimum Gasteiger partial charge on any atom is -0.341 e. The molecule has 2 fully saturated rings. The molecule has 2 aliphatic rings. The predicted molar refractivity (Wildman–Crippen MR) is 89.2 cm³/mol. The van der Waals surface area contributed by atoms with E-state index in [1.165, 1.54) is 0 Å². The van der Waals surface area contributed by atoms with Crippen molar-refractivity contribution >= 4 is 17.8 Å². The quantitative estimate of drug-likeness (QED) is 0.852. The maximum atomic E-state index is 12.5. The monoisotopic (exact) mass is 329 g/mol. The number of nitrogens with zero attached hydrogens (tertiary/aromatic N) is 2. The normalized spacial score (nSPS) is 21.6. The molecule has 3 rings (SSSR count). The van der Waals surface area contributed by atoms with Crippen molar-refractivity contribution in [3.8, 4) is 0 Å². The Hall–Kier alpha value is -2.37. The minimum absolute atomic E-state index is 0.138. The largest absolute Gasteiger partial charge is 0.341 e.